The van der Waals surface area contributed by atoms with Gasteiger partial charge in [0.2, 0.25) is 0 Å². The summed E-state index contributed by atoms with van der Waals surface area (Å²) in [6.07, 6.45) is 8.01. The molecule has 2 fully saturated rings. The van der Waals surface area contributed by atoms with E-state index in [0.29, 0.717) is 49.2 Å². The lowest BCUT2D eigenvalue weighted by Gasteiger charge is -2.40. The number of fused-ring (bicyclic) bond motifs is 3. The van der Waals surface area contributed by atoms with E-state index in [-0.39, 0.29) is 84.7 Å². The van der Waals surface area contributed by atoms with Crippen LogP contribution in [0.3, 0.4) is 0 Å². The van der Waals surface area contributed by atoms with Crippen molar-refractivity contribution in [1.29, 1.82) is 0 Å². The fourth-order valence-corrected chi connectivity index (χ4v) is 8.73. The number of hydrogen-bond acceptors (Lipinski definition) is 20. The van der Waals surface area contributed by atoms with Crippen molar-refractivity contribution < 1.29 is 50.3 Å². The standard InChI is InChI=1S/C23H27FN6O4.C18H19FN6O2.C13H8ClFN4O2/c1-13-12-29(6-7-30(13)22(32)34-23(3,4)5)19-11-25-17(10-26-19)21(31)28-15-8-16(24)20-18(9-15)33-14(2)27-20;1-10-9-25(4-3-20-10)16-8-21-14(7-22-16)18(26)24-12-5-13(19)17-15(6-12)27-11(2)23-17;1-6-18-12-8(15)2-7(3-10(12)21-6)19-13(20)9-4-17-11(14)5-16-9/h8-11,13H,6-7,12H2,1-5H3,(H,28,31);5-8,10,20H,3-4,9H2,1-2H3,(H,24,26);2-5H,1H3,(H,19,20). The number of nitrogens with one attached hydrogen (secondary N) is 4. The minimum atomic E-state index is -0.592. The summed E-state index contributed by atoms with van der Waals surface area (Å²) in [6, 6.07) is 8.34. The molecule has 8 heterocycles. The second kappa shape index (κ2) is 24.2. The van der Waals surface area contributed by atoms with Gasteiger partial charge in [-0.3, -0.25) is 14.4 Å². The number of ether oxygens (including phenoxy) is 1. The monoisotopic (exact) mass is 1150 g/mol. The van der Waals surface area contributed by atoms with Crippen LogP contribution in [0.25, 0.3) is 33.3 Å². The second-order valence-electron chi connectivity index (χ2n) is 20.0. The van der Waals surface area contributed by atoms with E-state index < -0.39 is 40.8 Å². The molecule has 4 amide bonds. The lowest BCUT2D eigenvalue weighted by Crippen LogP contribution is -2.55. The molecule has 0 bridgehead atoms. The number of nitrogens with zero attached hydrogens (tertiary/aromatic N) is 12. The molecule has 2 saturated heterocycles. The van der Waals surface area contributed by atoms with Crippen molar-refractivity contribution >= 4 is 97.4 Å². The third-order valence-corrected chi connectivity index (χ3v) is 12.5. The first-order valence-corrected chi connectivity index (χ1v) is 25.9. The first-order chi connectivity index (χ1) is 39.0. The fourth-order valence-electron chi connectivity index (χ4n) is 8.63. The molecule has 6 aromatic heterocycles. The van der Waals surface area contributed by atoms with Gasteiger partial charge in [-0.25, -0.2) is 62.8 Å². The molecular weight excluding hydrogens is 1090 g/mol. The van der Waals surface area contributed by atoms with Crippen LogP contribution in [-0.4, -0.2) is 131 Å². The van der Waals surface area contributed by atoms with Crippen molar-refractivity contribution in [1.82, 2.24) is 55.1 Å². The highest BCUT2D eigenvalue weighted by molar-refractivity contribution is 6.29. The summed E-state index contributed by atoms with van der Waals surface area (Å²) in [5.74, 6) is -0.918. The number of aromatic nitrogens is 9. The first-order valence-electron chi connectivity index (χ1n) is 25.5. The molecule has 0 radical (unpaired) electrons. The smallest absolute Gasteiger partial charge is 0.410 e. The molecule has 11 rings (SSSR count). The van der Waals surface area contributed by atoms with Gasteiger partial charge in [0.05, 0.1) is 37.2 Å². The molecule has 3 aromatic carbocycles. The number of amides is 4. The van der Waals surface area contributed by atoms with E-state index in [9.17, 15) is 32.3 Å². The Morgan fingerprint density at radius 2 is 1.00 bits per heavy atom. The van der Waals surface area contributed by atoms with Crippen molar-refractivity contribution in [3.63, 3.8) is 0 Å². The van der Waals surface area contributed by atoms with Crippen molar-refractivity contribution in [3.05, 3.63) is 131 Å². The van der Waals surface area contributed by atoms with Gasteiger partial charge in [0.15, 0.2) is 51.9 Å². The number of piperazine rings is 2. The van der Waals surface area contributed by atoms with Crippen molar-refractivity contribution in [2.75, 3.05) is 65.0 Å². The Kier molecular flexibility index (Phi) is 16.9. The summed E-state index contributed by atoms with van der Waals surface area (Å²) in [6.45, 7) is 18.5. The zero-order chi connectivity index (χ0) is 58.6. The van der Waals surface area contributed by atoms with E-state index in [1.807, 2.05) is 32.6 Å². The predicted octanol–water partition coefficient (Wildman–Crippen LogP) is 8.85. The van der Waals surface area contributed by atoms with Crippen LogP contribution < -0.4 is 31.1 Å². The third kappa shape index (κ3) is 14.0. The van der Waals surface area contributed by atoms with E-state index >= 15 is 0 Å². The van der Waals surface area contributed by atoms with Crippen LogP contribution in [0.1, 0.15) is 83.8 Å². The summed E-state index contributed by atoms with van der Waals surface area (Å²) >= 11 is 5.59. The Balaban J connectivity index is 0.000000152. The van der Waals surface area contributed by atoms with Crippen LogP contribution in [0.5, 0.6) is 0 Å². The molecule has 0 aliphatic carbocycles. The van der Waals surface area contributed by atoms with Gasteiger partial charge in [0.1, 0.15) is 56.0 Å². The van der Waals surface area contributed by atoms with Gasteiger partial charge in [0.25, 0.3) is 17.7 Å². The van der Waals surface area contributed by atoms with E-state index in [1.54, 1.807) is 31.9 Å². The molecule has 426 valence electrons. The summed E-state index contributed by atoms with van der Waals surface area (Å²) in [4.78, 5) is 91.7. The first kappa shape index (κ1) is 57.3. The van der Waals surface area contributed by atoms with Crippen LogP contribution in [0.15, 0.2) is 86.8 Å². The average Bonchev–Trinajstić information content (AvgIpc) is 4.24. The summed E-state index contributed by atoms with van der Waals surface area (Å²) < 4.78 is 63.6. The maximum Gasteiger partial charge on any atom is 0.410 e. The van der Waals surface area contributed by atoms with Gasteiger partial charge >= 0.3 is 6.09 Å². The number of halogens is 4. The molecule has 28 heteroatoms. The van der Waals surface area contributed by atoms with E-state index in [2.05, 4.69) is 77.9 Å². The summed E-state index contributed by atoms with van der Waals surface area (Å²) in [5.41, 5.74) is 1.61. The molecular formula is C54H54ClF3N16O8. The zero-order valence-corrected chi connectivity index (χ0v) is 46.2. The zero-order valence-electron chi connectivity index (χ0n) is 45.5. The lowest BCUT2D eigenvalue weighted by molar-refractivity contribution is 0.0158. The minimum absolute atomic E-state index is 0.0636. The fraction of sp³-hybridized carbons (Fsp3) is 0.315. The lowest BCUT2D eigenvalue weighted by atomic mass is 10.2. The minimum Gasteiger partial charge on any atom is -0.444 e. The van der Waals surface area contributed by atoms with Gasteiger partial charge < -0.3 is 54.0 Å². The van der Waals surface area contributed by atoms with Crippen LogP contribution in [0, 0.1) is 38.2 Å². The molecule has 0 saturated carbocycles. The second-order valence-corrected chi connectivity index (χ2v) is 20.4. The Morgan fingerprint density at radius 1 is 0.585 bits per heavy atom. The van der Waals surface area contributed by atoms with Gasteiger partial charge in [-0.1, -0.05) is 11.6 Å². The normalized spacial score (nSPS) is 15.3. The SMILES string of the molecule is Cc1nc2c(F)cc(NC(=O)c3cnc(Cl)cn3)cc2o1.Cc1nc2c(F)cc(NC(=O)c3cnc(N4CCN(C(=O)OC(C)(C)C)C(C)C4)cn3)cc2o1.Cc1nc2c(F)cc(NC(=O)c3cnc(N4CCNC(C)C4)cn3)cc2o1. The molecule has 0 spiro atoms. The number of oxazole rings is 3. The molecule has 24 nitrogen and oxygen atoms in total. The third-order valence-electron chi connectivity index (χ3n) is 12.3. The van der Waals surface area contributed by atoms with Crippen molar-refractivity contribution in [2.24, 2.45) is 0 Å². The van der Waals surface area contributed by atoms with Gasteiger partial charge in [-0.2, -0.15) is 0 Å². The topological polar surface area (TPSA) is 291 Å². The number of benzene rings is 3. The largest absolute Gasteiger partial charge is 0.444 e. The number of carbonyl (C=O) groups excluding carboxylic acids is 4. The number of hydrogen-bond donors (Lipinski definition) is 4. The molecule has 9 aromatic rings. The highest BCUT2D eigenvalue weighted by Gasteiger charge is 2.32. The quantitative estimate of drug-likeness (QED) is 0.110. The Hall–Kier alpha value is -9.37. The molecule has 2 aliphatic rings. The van der Waals surface area contributed by atoms with Crippen LogP contribution in [0.2, 0.25) is 5.15 Å². The molecule has 4 N–H and O–H groups in total. The Bertz CT molecular complexity index is 3820. The van der Waals surface area contributed by atoms with E-state index in [4.69, 9.17) is 29.6 Å². The molecule has 2 aliphatic heterocycles. The Morgan fingerprint density at radius 3 is 1.37 bits per heavy atom. The number of rotatable bonds is 8. The van der Waals surface area contributed by atoms with Crippen molar-refractivity contribution in [3.8, 4) is 0 Å². The number of anilines is 5. The van der Waals surface area contributed by atoms with Crippen LogP contribution in [0.4, 0.5) is 46.7 Å². The molecule has 82 heavy (non-hydrogen) atoms. The predicted molar refractivity (Wildman–Crippen MR) is 295 cm³/mol. The van der Waals surface area contributed by atoms with Gasteiger partial charge in [0, 0.05) is 107 Å². The van der Waals surface area contributed by atoms with E-state index in [0.717, 1.165) is 31.5 Å². The summed E-state index contributed by atoms with van der Waals surface area (Å²) in [7, 11) is 0. The maximum atomic E-state index is 14.2. The average molecular weight is 1150 g/mol. The van der Waals surface area contributed by atoms with E-state index in [1.165, 1.54) is 61.3 Å². The number of aryl methyl sites for hydroxylation is 3. The summed E-state index contributed by atoms with van der Waals surface area (Å²) in [5, 5.41) is 11.3. The highest BCUT2D eigenvalue weighted by atomic mass is 35.5. The maximum absolute atomic E-state index is 14.2. The van der Waals surface area contributed by atoms with Crippen LogP contribution in [-0.2, 0) is 4.74 Å². The molecule has 2 atom stereocenters. The van der Waals surface area contributed by atoms with Crippen molar-refractivity contribution in [2.45, 2.75) is 73.1 Å². The molecule has 2 unspecified atom stereocenters. The van der Waals surface area contributed by atoms with Gasteiger partial charge in [-0.05, 0) is 52.8 Å². The van der Waals surface area contributed by atoms with Gasteiger partial charge in [-0.15, -0.1) is 0 Å². The highest BCUT2D eigenvalue weighted by Crippen LogP contribution is 2.27. The number of carbonyl (C=O) groups is 4. The Labute approximate surface area is 470 Å². The van der Waals surface area contributed by atoms with Crippen LogP contribution >= 0.6 is 11.6 Å².